The van der Waals surface area contributed by atoms with Crippen LogP contribution in [0.25, 0.3) is 0 Å². The molecule has 1 aromatic rings. The molecule has 0 aliphatic rings. The number of methoxy groups -OCH3 is 2. The van der Waals surface area contributed by atoms with E-state index in [-0.39, 0.29) is 17.1 Å². The van der Waals surface area contributed by atoms with Gasteiger partial charge in [0.1, 0.15) is 6.04 Å². The number of hydrogen-bond donors (Lipinski definition) is 2. The molecule has 7 nitrogen and oxygen atoms in total. The van der Waals surface area contributed by atoms with E-state index in [0.717, 1.165) is 0 Å². The van der Waals surface area contributed by atoms with Gasteiger partial charge in [0.05, 0.1) is 19.1 Å². The Bertz CT molecular complexity index is 662. The lowest BCUT2D eigenvalue weighted by molar-refractivity contribution is -0.138. The van der Waals surface area contributed by atoms with E-state index in [1.54, 1.807) is 0 Å². The fraction of sp³-hybridized carbons (Fsp3) is 0.308. The van der Waals surface area contributed by atoms with E-state index in [2.05, 4.69) is 5.92 Å². The molecule has 0 saturated heterocycles. The maximum absolute atomic E-state index is 12.2. The van der Waals surface area contributed by atoms with Crippen LogP contribution in [-0.2, 0) is 14.8 Å². The van der Waals surface area contributed by atoms with Crippen LogP contribution in [0.4, 0.5) is 0 Å². The Morgan fingerprint density at radius 2 is 2.00 bits per heavy atom. The Morgan fingerprint density at radius 3 is 2.48 bits per heavy atom. The molecule has 114 valence electrons. The summed E-state index contributed by atoms with van der Waals surface area (Å²) in [6.45, 7) is 0. The maximum atomic E-state index is 12.2. The summed E-state index contributed by atoms with van der Waals surface area (Å²) in [6, 6.07) is 2.52. The Morgan fingerprint density at radius 1 is 1.38 bits per heavy atom. The zero-order valence-electron chi connectivity index (χ0n) is 11.5. The Balaban J connectivity index is 3.13. The predicted molar refractivity (Wildman–Crippen MR) is 74.7 cm³/mol. The maximum Gasteiger partial charge on any atom is 0.322 e. The van der Waals surface area contributed by atoms with Crippen LogP contribution in [0, 0.1) is 12.3 Å². The molecule has 21 heavy (non-hydrogen) atoms. The topological polar surface area (TPSA) is 102 Å². The molecule has 1 aromatic carbocycles. The number of aliphatic carboxylic acids is 1. The largest absolute Gasteiger partial charge is 0.493 e. The van der Waals surface area contributed by atoms with Crippen molar-refractivity contribution in [2.75, 3.05) is 14.2 Å². The highest BCUT2D eigenvalue weighted by atomic mass is 32.2. The molecule has 2 N–H and O–H groups in total. The Kier molecular flexibility index (Phi) is 5.58. The fourth-order valence-electron chi connectivity index (χ4n) is 1.54. The number of hydrogen-bond acceptors (Lipinski definition) is 5. The lowest BCUT2D eigenvalue weighted by Crippen LogP contribution is -2.40. The van der Waals surface area contributed by atoms with Gasteiger partial charge in [-0.3, -0.25) is 4.79 Å². The third-order valence-corrected chi connectivity index (χ3v) is 4.05. The Hall–Kier alpha value is -2.24. The predicted octanol–water partition coefficient (Wildman–Crippen LogP) is 0.459. The van der Waals surface area contributed by atoms with Gasteiger partial charge in [-0.25, -0.2) is 8.42 Å². The third-order valence-electron chi connectivity index (χ3n) is 2.58. The molecule has 1 atom stereocenters. The van der Waals surface area contributed by atoms with Gasteiger partial charge in [0.25, 0.3) is 0 Å². The van der Waals surface area contributed by atoms with Crippen LogP contribution in [-0.4, -0.2) is 39.8 Å². The molecular weight excluding hydrogens is 298 g/mol. The third kappa shape index (κ3) is 4.11. The van der Waals surface area contributed by atoms with Crippen molar-refractivity contribution >= 4 is 16.0 Å². The summed E-state index contributed by atoms with van der Waals surface area (Å²) in [6.07, 6.45) is 4.76. The van der Waals surface area contributed by atoms with Crippen molar-refractivity contribution in [1.82, 2.24) is 4.72 Å². The molecular formula is C13H15NO6S. The molecule has 0 fully saturated rings. The van der Waals surface area contributed by atoms with Gasteiger partial charge in [0.2, 0.25) is 10.0 Å². The van der Waals surface area contributed by atoms with Crippen molar-refractivity contribution in [3.63, 3.8) is 0 Å². The minimum atomic E-state index is -4.05. The highest BCUT2D eigenvalue weighted by Crippen LogP contribution is 2.29. The van der Waals surface area contributed by atoms with Crippen molar-refractivity contribution in [3.05, 3.63) is 18.2 Å². The lowest BCUT2D eigenvalue weighted by atomic mass is 10.2. The first kappa shape index (κ1) is 16.8. The van der Waals surface area contributed by atoms with Crippen LogP contribution in [0.1, 0.15) is 6.42 Å². The van der Waals surface area contributed by atoms with Crippen molar-refractivity contribution in [2.45, 2.75) is 17.4 Å². The second kappa shape index (κ2) is 6.97. The molecule has 0 radical (unpaired) electrons. The van der Waals surface area contributed by atoms with Gasteiger partial charge < -0.3 is 14.6 Å². The van der Waals surface area contributed by atoms with E-state index in [0.29, 0.717) is 5.75 Å². The first-order chi connectivity index (χ1) is 9.85. The van der Waals surface area contributed by atoms with Gasteiger partial charge in [0, 0.05) is 12.5 Å². The van der Waals surface area contributed by atoms with Gasteiger partial charge in [-0.2, -0.15) is 4.72 Å². The lowest BCUT2D eigenvalue weighted by Gasteiger charge is -2.14. The highest BCUT2D eigenvalue weighted by Gasteiger charge is 2.25. The van der Waals surface area contributed by atoms with E-state index < -0.39 is 22.0 Å². The van der Waals surface area contributed by atoms with Crippen LogP contribution in [0.15, 0.2) is 23.1 Å². The zero-order chi connectivity index (χ0) is 16.0. The second-order valence-electron chi connectivity index (χ2n) is 3.94. The van der Waals surface area contributed by atoms with E-state index in [1.807, 2.05) is 4.72 Å². The molecule has 1 unspecified atom stereocenters. The van der Waals surface area contributed by atoms with Gasteiger partial charge in [-0.05, 0) is 12.1 Å². The molecule has 0 amide bonds. The van der Waals surface area contributed by atoms with Crippen molar-refractivity contribution < 1.29 is 27.8 Å². The average molecular weight is 313 g/mol. The summed E-state index contributed by atoms with van der Waals surface area (Å²) >= 11 is 0. The van der Waals surface area contributed by atoms with Crippen LogP contribution in [0.3, 0.4) is 0 Å². The van der Waals surface area contributed by atoms with Gasteiger partial charge >= 0.3 is 5.97 Å². The zero-order valence-corrected chi connectivity index (χ0v) is 12.3. The molecule has 0 aliphatic carbocycles. The number of ether oxygens (including phenoxy) is 2. The van der Waals surface area contributed by atoms with Crippen molar-refractivity contribution in [2.24, 2.45) is 0 Å². The van der Waals surface area contributed by atoms with Crippen molar-refractivity contribution in [3.8, 4) is 23.8 Å². The normalized spacial score (nSPS) is 12.2. The minimum absolute atomic E-state index is 0.150. The van der Waals surface area contributed by atoms with Gasteiger partial charge in [-0.15, -0.1) is 12.3 Å². The summed E-state index contributed by atoms with van der Waals surface area (Å²) in [5, 5.41) is 8.93. The molecule has 0 saturated carbocycles. The molecule has 0 bridgehead atoms. The van der Waals surface area contributed by atoms with E-state index in [1.165, 1.54) is 32.4 Å². The SMILES string of the molecule is C#CCC(NS(=O)(=O)c1ccc(OC)c(OC)c1)C(=O)O. The minimum Gasteiger partial charge on any atom is -0.493 e. The standard InChI is InChI=1S/C13H15NO6S/c1-4-5-10(13(15)16)14-21(17,18)9-6-7-11(19-2)12(8-9)20-3/h1,6-8,10,14H,5H2,2-3H3,(H,15,16). The number of terminal acetylenes is 1. The number of carbonyl (C=O) groups is 1. The van der Waals surface area contributed by atoms with Crippen LogP contribution < -0.4 is 14.2 Å². The van der Waals surface area contributed by atoms with E-state index in [4.69, 9.17) is 21.0 Å². The summed E-state index contributed by atoms with van der Waals surface area (Å²) in [7, 11) is -1.27. The Labute approximate surface area is 122 Å². The molecule has 0 aromatic heterocycles. The molecule has 1 rings (SSSR count). The summed E-state index contributed by atoms with van der Waals surface area (Å²) < 4.78 is 36.3. The van der Waals surface area contributed by atoms with Gasteiger partial charge in [-0.1, -0.05) is 0 Å². The highest BCUT2D eigenvalue weighted by molar-refractivity contribution is 7.89. The first-order valence-electron chi connectivity index (χ1n) is 5.76. The summed E-state index contributed by atoms with van der Waals surface area (Å²) in [5.74, 6) is 1.33. The number of nitrogens with one attached hydrogen (secondary N) is 1. The van der Waals surface area contributed by atoms with Crippen LogP contribution in [0.2, 0.25) is 0 Å². The number of rotatable bonds is 7. The summed E-state index contributed by atoms with van der Waals surface area (Å²) in [4.78, 5) is 10.8. The molecule has 0 spiro atoms. The monoisotopic (exact) mass is 313 g/mol. The second-order valence-corrected chi connectivity index (χ2v) is 5.65. The van der Waals surface area contributed by atoms with E-state index in [9.17, 15) is 13.2 Å². The van der Waals surface area contributed by atoms with Crippen LogP contribution in [0.5, 0.6) is 11.5 Å². The smallest absolute Gasteiger partial charge is 0.322 e. The van der Waals surface area contributed by atoms with Crippen LogP contribution >= 0.6 is 0 Å². The quantitative estimate of drug-likeness (QED) is 0.709. The van der Waals surface area contributed by atoms with Gasteiger partial charge in [0.15, 0.2) is 11.5 Å². The molecule has 0 aliphatic heterocycles. The fourth-order valence-corrected chi connectivity index (χ4v) is 2.74. The number of carboxylic acid groups (broad SMARTS) is 1. The first-order valence-corrected chi connectivity index (χ1v) is 7.24. The molecule has 0 heterocycles. The average Bonchev–Trinajstić information content (AvgIpc) is 2.45. The number of benzene rings is 1. The van der Waals surface area contributed by atoms with E-state index >= 15 is 0 Å². The number of sulfonamides is 1. The number of carboxylic acids is 1. The molecule has 8 heteroatoms. The van der Waals surface area contributed by atoms with Crippen molar-refractivity contribution in [1.29, 1.82) is 0 Å². The summed E-state index contributed by atoms with van der Waals surface area (Å²) in [5.41, 5.74) is 0.